The van der Waals surface area contributed by atoms with Crippen LogP contribution in [-0.4, -0.2) is 28.0 Å². The molecule has 0 aromatic rings. The summed E-state index contributed by atoms with van der Waals surface area (Å²) in [6.07, 6.45) is 3.18. The zero-order valence-corrected chi connectivity index (χ0v) is 11.1. The molecule has 0 spiro atoms. The second-order valence-corrected chi connectivity index (χ2v) is 8.30. The molecule has 0 bridgehead atoms. The van der Waals surface area contributed by atoms with Crippen molar-refractivity contribution in [2.24, 2.45) is 5.92 Å². The van der Waals surface area contributed by atoms with Crippen molar-refractivity contribution in [2.75, 3.05) is 6.61 Å². The standard InChI is InChI=1S/C8H18O6S2/c1-8(2)6-4-3-5-7-14-16(12,13)15(9,10)11/h8H,3-7H2,1-2H3,(H,9,10,11). The minimum Gasteiger partial charge on any atom is -0.272 e. The molecule has 0 aliphatic carbocycles. The monoisotopic (exact) mass is 274 g/mol. The molecule has 1 N–H and O–H groups in total. The van der Waals surface area contributed by atoms with Gasteiger partial charge >= 0.3 is 18.3 Å². The van der Waals surface area contributed by atoms with Crippen molar-refractivity contribution in [1.82, 2.24) is 0 Å². The number of rotatable bonds is 8. The maximum Gasteiger partial charge on any atom is 0.399 e. The first-order chi connectivity index (χ1) is 7.17. The maximum absolute atomic E-state index is 10.7. The van der Waals surface area contributed by atoms with Gasteiger partial charge in [-0.25, -0.2) is 0 Å². The van der Waals surface area contributed by atoms with Gasteiger partial charge in [0.05, 0.1) is 6.61 Å². The lowest BCUT2D eigenvalue weighted by molar-refractivity contribution is 0.310. The Bertz CT molecular complexity index is 381. The van der Waals surface area contributed by atoms with Gasteiger partial charge in [-0.1, -0.05) is 33.1 Å². The van der Waals surface area contributed by atoms with E-state index in [0.29, 0.717) is 12.3 Å². The zero-order chi connectivity index (χ0) is 12.8. The third-order valence-corrected chi connectivity index (χ3v) is 4.72. The fourth-order valence-corrected chi connectivity index (χ4v) is 2.07. The zero-order valence-electron chi connectivity index (χ0n) is 9.42. The highest BCUT2D eigenvalue weighted by Crippen LogP contribution is 2.09. The lowest BCUT2D eigenvalue weighted by Crippen LogP contribution is -2.17. The summed E-state index contributed by atoms with van der Waals surface area (Å²) < 4.78 is 54.5. The number of unbranched alkanes of at least 4 members (excludes halogenated alkanes) is 2. The molecule has 0 rings (SSSR count). The molecule has 0 aromatic carbocycles. The van der Waals surface area contributed by atoms with E-state index in [0.717, 1.165) is 19.3 Å². The van der Waals surface area contributed by atoms with Crippen LogP contribution in [0.15, 0.2) is 0 Å². The second kappa shape index (κ2) is 6.53. The Hall–Kier alpha value is -0.180. The van der Waals surface area contributed by atoms with Gasteiger partial charge in [-0.15, -0.1) is 0 Å². The van der Waals surface area contributed by atoms with Gasteiger partial charge in [0.25, 0.3) is 0 Å². The van der Waals surface area contributed by atoms with E-state index in [1.165, 1.54) is 0 Å². The molecule has 0 radical (unpaired) electrons. The number of hydrogen-bond acceptors (Lipinski definition) is 5. The average molecular weight is 274 g/mol. The van der Waals surface area contributed by atoms with Crippen molar-refractivity contribution in [3.8, 4) is 0 Å². The Morgan fingerprint density at radius 2 is 1.62 bits per heavy atom. The Kier molecular flexibility index (Phi) is 6.46. The first-order valence-corrected chi connectivity index (χ1v) is 8.40. The van der Waals surface area contributed by atoms with Crippen molar-refractivity contribution in [3.05, 3.63) is 0 Å². The van der Waals surface area contributed by atoms with Gasteiger partial charge in [-0.2, -0.15) is 16.8 Å². The molecule has 0 aliphatic heterocycles. The first kappa shape index (κ1) is 15.8. The maximum atomic E-state index is 10.7. The molecule has 0 saturated heterocycles. The van der Waals surface area contributed by atoms with Crippen LogP contribution in [0, 0.1) is 5.92 Å². The topological polar surface area (TPSA) is 97.7 Å². The van der Waals surface area contributed by atoms with Crippen LogP contribution in [0.5, 0.6) is 0 Å². The van der Waals surface area contributed by atoms with E-state index in [1.54, 1.807) is 0 Å². The van der Waals surface area contributed by atoms with Gasteiger partial charge < -0.3 is 0 Å². The van der Waals surface area contributed by atoms with E-state index in [9.17, 15) is 16.8 Å². The summed E-state index contributed by atoms with van der Waals surface area (Å²) in [5.74, 6) is 0.586. The normalized spacial score (nSPS) is 13.2. The summed E-state index contributed by atoms with van der Waals surface area (Å²) in [7, 11) is -10.0. The van der Waals surface area contributed by atoms with Gasteiger partial charge in [0.15, 0.2) is 0 Å². The van der Waals surface area contributed by atoms with E-state index >= 15 is 0 Å². The Morgan fingerprint density at radius 3 is 2.06 bits per heavy atom. The highest BCUT2D eigenvalue weighted by molar-refractivity contribution is 8.63. The largest absolute Gasteiger partial charge is 0.399 e. The van der Waals surface area contributed by atoms with Crippen LogP contribution in [0.3, 0.4) is 0 Å². The van der Waals surface area contributed by atoms with E-state index in [-0.39, 0.29) is 6.61 Å². The van der Waals surface area contributed by atoms with Gasteiger partial charge in [0.1, 0.15) is 0 Å². The van der Waals surface area contributed by atoms with E-state index in [1.807, 2.05) is 0 Å². The van der Waals surface area contributed by atoms with Crippen LogP contribution < -0.4 is 0 Å². The van der Waals surface area contributed by atoms with Crippen LogP contribution in [-0.2, 0) is 22.5 Å². The summed E-state index contributed by atoms with van der Waals surface area (Å²) in [5.41, 5.74) is 0. The predicted molar refractivity (Wildman–Crippen MR) is 59.7 cm³/mol. The van der Waals surface area contributed by atoms with Crippen LogP contribution in [0.1, 0.15) is 39.5 Å². The molecule has 16 heavy (non-hydrogen) atoms. The van der Waals surface area contributed by atoms with E-state index in [2.05, 4.69) is 18.0 Å². The van der Waals surface area contributed by atoms with E-state index in [4.69, 9.17) is 4.55 Å². The van der Waals surface area contributed by atoms with Crippen molar-refractivity contribution >= 4 is 18.3 Å². The Labute approximate surface area is 96.3 Å². The van der Waals surface area contributed by atoms with Gasteiger partial charge in [-0.05, 0) is 12.3 Å². The Morgan fingerprint density at radius 1 is 1.06 bits per heavy atom. The Balaban J connectivity index is 3.77. The highest BCUT2D eigenvalue weighted by Gasteiger charge is 2.27. The lowest BCUT2D eigenvalue weighted by Gasteiger charge is -2.04. The minimum atomic E-state index is -5.16. The summed E-state index contributed by atoms with van der Waals surface area (Å²) in [4.78, 5) is 0. The van der Waals surface area contributed by atoms with E-state index < -0.39 is 18.3 Å². The quantitative estimate of drug-likeness (QED) is 0.407. The molecule has 0 aromatic heterocycles. The van der Waals surface area contributed by atoms with Gasteiger partial charge in [0, 0.05) is 0 Å². The van der Waals surface area contributed by atoms with Crippen LogP contribution in [0.2, 0.25) is 0 Å². The first-order valence-electron chi connectivity index (χ1n) is 5.03. The molecule has 0 aliphatic rings. The van der Waals surface area contributed by atoms with Crippen molar-refractivity contribution in [3.63, 3.8) is 0 Å². The number of hydrogen-bond donors (Lipinski definition) is 1. The molecule has 0 saturated carbocycles. The summed E-state index contributed by atoms with van der Waals surface area (Å²) >= 11 is 0. The fourth-order valence-electron chi connectivity index (χ4n) is 1.05. The minimum absolute atomic E-state index is 0.222. The molecule has 0 amide bonds. The lowest BCUT2D eigenvalue weighted by atomic mass is 10.1. The van der Waals surface area contributed by atoms with Crippen LogP contribution in [0.25, 0.3) is 0 Å². The fraction of sp³-hybridized carbons (Fsp3) is 1.00. The second-order valence-electron chi connectivity index (χ2n) is 3.90. The third kappa shape index (κ3) is 6.41. The summed E-state index contributed by atoms with van der Waals surface area (Å²) in [6.45, 7) is 3.94. The molecule has 98 valence electrons. The molecular weight excluding hydrogens is 256 g/mol. The van der Waals surface area contributed by atoms with Crippen LogP contribution >= 0.6 is 0 Å². The molecule has 0 atom stereocenters. The van der Waals surface area contributed by atoms with Gasteiger partial charge in [-0.3, -0.25) is 8.74 Å². The summed E-state index contributed by atoms with van der Waals surface area (Å²) in [6, 6.07) is 0. The molecule has 6 nitrogen and oxygen atoms in total. The molecule has 8 heteroatoms. The van der Waals surface area contributed by atoms with Crippen molar-refractivity contribution < 1.29 is 25.6 Å². The van der Waals surface area contributed by atoms with Gasteiger partial charge in [0.2, 0.25) is 0 Å². The van der Waals surface area contributed by atoms with Crippen molar-refractivity contribution in [1.29, 1.82) is 0 Å². The molecular formula is C8H18O6S2. The highest BCUT2D eigenvalue weighted by atomic mass is 33.2. The average Bonchev–Trinajstić information content (AvgIpc) is 2.08. The molecule has 0 heterocycles. The molecule has 0 fully saturated rings. The summed E-state index contributed by atoms with van der Waals surface area (Å²) in [5, 5.41) is 0. The SMILES string of the molecule is CC(C)CCCCCOS(=O)(=O)S(=O)(=O)O. The third-order valence-electron chi connectivity index (χ3n) is 1.91. The smallest absolute Gasteiger partial charge is 0.272 e. The molecule has 0 unspecified atom stereocenters. The van der Waals surface area contributed by atoms with Crippen LogP contribution in [0.4, 0.5) is 0 Å². The van der Waals surface area contributed by atoms with Crippen molar-refractivity contribution in [2.45, 2.75) is 39.5 Å². The predicted octanol–water partition coefficient (Wildman–Crippen LogP) is 1.35.